The molecule has 3 nitrogen and oxygen atoms in total. The van der Waals surface area contributed by atoms with Crippen LogP contribution in [0.4, 0.5) is 0 Å². The van der Waals surface area contributed by atoms with E-state index in [4.69, 9.17) is 14.2 Å². The van der Waals surface area contributed by atoms with E-state index in [-0.39, 0.29) is 12.3 Å². The number of rotatable bonds is 8. The zero-order chi connectivity index (χ0) is 18.3. The summed E-state index contributed by atoms with van der Waals surface area (Å²) in [5.41, 5.74) is 3.17. The molecule has 0 saturated carbocycles. The van der Waals surface area contributed by atoms with Crippen LogP contribution < -0.4 is 0 Å². The Balaban J connectivity index is 2.38. The Morgan fingerprint density at radius 3 is 1.80 bits per heavy atom. The van der Waals surface area contributed by atoms with Crippen molar-refractivity contribution in [1.29, 1.82) is 0 Å². The maximum atomic E-state index is 6.22. The molecule has 0 heterocycles. The van der Waals surface area contributed by atoms with Crippen molar-refractivity contribution >= 4 is 14.0 Å². The van der Waals surface area contributed by atoms with Crippen molar-refractivity contribution in [3.63, 3.8) is 0 Å². The molecule has 0 radical (unpaired) electrons. The second-order valence-electron chi connectivity index (χ2n) is 7.00. The summed E-state index contributed by atoms with van der Waals surface area (Å²) in [5.74, 6) is 0. The average Bonchev–Trinajstić information content (AvgIpc) is 2.59. The molecule has 134 valence electrons. The van der Waals surface area contributed by atoms with E-state index in [1.807, 2.05) is 43.3 Å². The topological polar surface area (TPSA) is 30.8 Å². The van der Waals surface area contributed by atoms with Crippen LogP contribution in [0, 0.1) is 0 Å². The second kappa shape index (κ2) is 9.09. The molecule has 25 heavy (non-hydrogen) atoms. The third-order valence-electron chi connectivity index (χ3n) is 3.62. The highest BCUT2D eigenvalue weighted by atomic mass is 28.4. The highest BCUT2D eigenvalue weighted by Crippen LogP contribution is 2.17. The Morgan fingerprint density at radius 1 is 0.920 bits per heavy atom. The van der Waals surface area contributed by atoms with Gasteiger partial charge < -0.3 is 9.16 Å². The summed E-state index contributed by atoms with van der Waals surface area (Å²) in [7, 11) is -1.72. The smallest absolute Gasteiger partial charge is 0.187 e. The lowest BCUT2D eigenvalue weighted by Gasteiger charge is -2.29. The minimum absolute atomic E-state index is 0.0953. The normalized spacial score (nSPS) is 14.0. The van der Waals surface area contributed by atoms with E-state index in [1.54, 1.807) is 0 Å². The second-order valence-corrected chi connectivity index (χ2v) is 11.5. The summed E-state index contributed by atoms with van der Waals surface area (Å²) in [5, 5.41) is 0. The van der Waals surface area contributed by atoms with Crippen molar-refractivity contribution in [3.8, 4) is 0 Å². The molecule has 0 spiro atoms. The largest absolute Gasteiger partial charge is 0.391 e. The Bertz CT molecular complexity index is 624. The van der Waals surface area contributed by atoms with Gasteiger partial charge in [-0.1, -0.05) is 60.7 Å². The number of hydrogen-bond donors (Lipinski definition) is 0. The molecule has 0 N–H and O–H groups in total. The predicted molar refractivity (Wildman–Crippen MR) is 108 cm³/mol. The number of benzene rings is 2. The zero-order valence-corrected chi connectivity index (χ0v) is 16.9. The van der Waals surface area contributed by atoms with Gasteiger partial charge >= 0.3 is 0 Å². The first kappa shape index (κ1) is 19.6. The summed E-state index contributed by atoms with van der Waals surface area (Å²) in [6.07, 6.45) is -0.320. The van der Waals surface area contributed by atoms with Crippen molar-refractivity contribution in [3.05, 3.63) is 71.8 Å². The van der Waals surface area contributed by atoms with E-state index in [2.05, 4.69) is 50.8 Å². The van der Waals surface area contributed by atoms with Crippen molar-refractivity contribution in [2.45, 2.75) is 45.8 Å². The van der Waals surface area contributed by atoms with Crippen LogP contribution in [-0.4, -0.2) is 33.0 Å². The van der Waals surface area contributed by atoms with Gasteiger partial charge in [0.15, 0.2) is 14.6 Å². The lowest BCUT2D eigenvalue weighted by Crippen LogP contribution is -2.39. The molecule has 0 bridgehead atoms. The zero-order valence-electron chi connectivity index (χ0n) is 15.9. The van der Waals surface area contributed by atoms with Gasteiger partial charge in [-0.2, -0.15) is 0 Å². The number of hydrogen-bond acceptors (Lipinski definition) is 3. The van der Waals surface area contributed by atoms with E-state index in [1.165, 1.54) is 0 Å². The van der Waals surface area contributed by atoms with E-state index in [9.17, 15) is 0 Å². The molecule has 2 aromatic carbocycles. The van der Waals surface area contributed by atoms with Crippen LogP contribution in [0.15, 0.2) is 65.7 Å². The van der Waals surface area contributed by atoms with E-state index in [0.717, 1.165) is 16.8 Å². The molecule has 0 amide bonds. The van der Waals surface area contributed by atoms with Gasteiger partial charge in [-0.25, -0.2) is 0 Å². The average molecular weight is 356 g/mol. The minimum Gasteiger partial charge on any atom is -0.391 e. The lowest BCUT2D eigenvalue weighted by molar-refractivity contribution is -0.0916. The summed E-state index contributed by atoms with van der Waals surface area (Å²) in [6.45, 7) is 11.2. The summed E-state index contributed by atoms with van der Waals surface area (Å²) < 4.78 is 12.1. The van der Waals surface area contributed by atoms with Crippen LogP contribution in [-0.2, 0) is 9.16 Å². The van der Waals surface area contributed by atoms with Gasteiger partial charge in [0.25, 0.3) is 0 Å². The molecule has 0 saturated heterocycles. The Hall–Kier alpha value is -1.75. The highest BCUT2D eigenvalue weighted by molar-refractivity contribution is 6.69. The van der Waals surface area contributed by atoms with Gasteiger partial charge in [-0.3, -0.25) is 4.99 Å². The maximum Gasteiger partial charge on any atom is 0.187 e. The van der Waals surface area contributed by atoms with Gasteiger partial charge in [0.1, 0.15) is 0 Å². The highest BCUT2D eigenvalue weighted by Gasteiger charge is 2.26. The van der Waals surface area contributed by atoms with Crippen molar-refractivity contribution in [1.82, 2.24) is 0 Å². The summed E-state index contributed by atoms with van der Waals surface area (Å²) in [6, 6.07) is 20.5. The first-order valence-corrected chi connectivity index (χ1v) is 12.3. The maximum absolute atomic E-state index is 6.22. The number of aliphatic imine (C=N–C) groups is 1. The first-order valence-electron chi connectivity index (χ1n) is 8.89. The molecule has 2 atom stereocenters. The standard InChI is InChI=1S/C21H29NO2Si/c1-6-23-21(24-25(3,4)5)17(2)22-20(18-13-9-7-10-14-18)19-15-11-8-12-16-19/h7-17,21H,6H2,1-5H3/t17-,21-/m0/s1. The van der Waals surface area contributed by atoms with Gasteiger partial charge in [0.2, 0.25) is 0 Å². The summed E-state index contributed by atoms with van der Waals surface area (Å²) in [4.78, 5) is 5.01. The molecular formula is C21H29NO2Si. The number of ether oxygens (including phenoxy) is 1. The van der Waals surface area contributed by atoms with Crippen LogP contribution in [0.5, 0.6) is 0 Å². The molecule has 0 aliphatic rings. The third kappa shape index (κ3) is 6.23. The molecule has 0 aromatic heterocycles. The van der Waals surface area contributed by atoms with Gasteiger partial charge in [-0.05, 0) is 33.5 Å². The van der Waals surface area contributed by atoms with E-state index < -0.39 is 8.32 Å². The molecule has 2 aromatic rings. The number of nitrogens with zero attached hydrogens (tertiary/aromatic N) is 1. The van der Waals surface area contributed by atoms with Crippen molar-refractivity contribution in [2.75, 3.05) is 6.61 Å². The fourth-order valence-electron chi connectivity index (χ4n) is 2.56. The lowest BCUT2D eigenvalue weighted by atomic mass is 10.0. The third-order valence-corrected chi connectivity index (χ3v) is 4.56. The molecule has 2 rings (SSSR count). The minimum atomic E-state index is -1.72. The Morgan fingerprint density at radius 2 is 1.40 bits per heavy atom. The van der Waals surface area contributed by atoms with Crippen LogP contribution in [0.2, 0.25) is 19.6 Å². The van der Waals surface area contributed by atoms with Crippen LogP contribution >= 0.6 is 0 Å². The predicted octanol–water partition coefficient (Wildman–Crippen LogP) is 5.13. The Kier molecular flexibility index (Phi) is 7.11. The molecule has 0 fully saturated rings. The van der Waals surface area contributed by atoms with Crippen molar-refractivity contribution < 1.29 is 9.16 Å². The molecule has 0 aliphatic heterocycles. The van der Waals surface area contributed by atoms with Crippen LogP contribution in [0.25, 0.3) is 0 Å². The fraction of sp³-hybridized carbons (Fsp3) is 0.381. The SMILES string of the molecule is CCO[C@@H](O[Si](C)(C)C)[C@H](C)N=C(c1ccccc1)c1ccccc1. The van der Waals surface area contributed by atoms with Gasteiger partial charge in [0, 0.05) is 17.7 Å². The summed E-state index contributed by atoms with van der Waals surface area (Å²) >= 11 is 0. The van der Waals surface area contributed by atoms with Gasteiger partial charge in [0.05, 0.1) is 11.8 Å². The first-order chi connectivity index (χ1) is 11.9. The monoisotopic (exact) mass is 355 g/mol. The fourth-order valence-corrected chi connectivity index (χ4v) is 3.52. The molecule has 0 unspecified atom stereocenters. The molecule has 0 aliphatic carbocycles. The van der Waals surface area contributed by atoms with Crippen LogP contribution in [0.3, 0.4) is 0 Å². The quantitative estimate of drug-likeness (QED) is 0.373. The van der Waals surface area contributed by atoms with Crippen LogP contribution in [0.1, 0.15) is 25.0 Å². The van der Waals surface area contributed by atoms with E-state index >= 15 is 0 Å². The van der Waals surface area contributed by atoms with E-state index in [0.29, 0.717) is 6.61 Å². The Labute approximate surface area is 152 Å². The van der Waals surface area contributed by atoms with Gasteiger partial charge in [-0.15, -0.1) is 0 Å². The molecular weight excluding hydrogens is 326 g/mol. The molecule has 4 heteroatoms. The van der Waals surface area contributed by atoms with Crippen molar-refractivity contribution in [2.24, 2.45) is 4.99 Å².